The van der Waals surface area contributed by atoms with Crippen LogP contribution in [0.25, 0.3) is 0 Å². The van der Waals surface area contributed by atoms with Crippen molar-refractivity contribution in [3.8, 4) is 11.5 Å². The summed E-state index contributed by atoms with van der Waals surface area (Å²) in [7, 11) is 1.61. The third-order valence-electron chi connectivity index (χ3n) is 3.17. The van der Waals surface area contributed by atoms with Gasteiger partial charge in [-0.05, 0) is 30.5 Å². The SMILES string of the molecule is CCC(N)Cc1ccc(OCc2nnc(C)o2)c(OC)c1. The fourth-order valence-corrected chi connectivity index (χ4v) is 1.94. The van der Waals surface area contributed by atoms with Gasteiger partial charge in [-0.2, -0.15) is 0 Å². The maximum Gasteiger partial charge on any atom is 0.253 e. The Bertz CT molecular complexity index is 583. The van der Waals surface area contributed by atoms with E-state index in [1.807, 2.05) is 18.2 Å². The first-order chi connectivity index (χ1) is 10.1. The molecule has 0 bridgehead atoms. The number of ether oxygens (including phenoxy) is 2. The molecule has 0 fully saturated rings. The van der Waals surface area contributed by atoms with Crippen LogP contribution in [-0.2, 0) is 13.0 Å². The predicted octanol–water partition coefficient (Wildman–Crippen LogP) is 2.25. The summed E-state index contributed by atoms with van der Waals surface area (Å²) in [6.07, 6.45) is 1.76. The molecule has 0 saturated heterocycles. The van der Waals surface area contributed by atoms with Gasteiger partial charge in [0, 0.05) is 13.0 Å². The lowest BCUT2D eigenvalue weighted by Crippen LogP contribution is -2.21. The summed E-state index contributed by atoms with van der Waals surface area (Å²) in [5.41, 5.74) is 7.10. The summed E-state index contributed by atoms with van der Waals surface area (Å²) in [6, 6.07) is 5.97. The van der Waals surface area contributed by atoms with Crippen LogP contribution in [0.15, 0.2) is 22.6 Å². The molecule has 21 heavy (non-hydrogen) atoms. The topological polar surface area (TPSA) is 83.4 Å². The van der Waals surface area contributed by atoms with Crippen molar-refractivity contribution in [3.05, 3.63) is 35.5 Å². The van der Waals surface area contributed by atoms with Gasteiger partial charge in [0.1, 0.15) is 0 Å². The van der Waals surface area contributed by atoms with Gasteiger partial charge in [-0.1, -0.05) is 13.0 Å². The van der Waals surface area contributed by atoms with Crippen molar-refractivity contribution in [2.24, 2.45) is 5.73 Å². The minimum Gasteiger partial charge on any atom is -0.493 e. The number of hydrogen-bond acceptors (Lipinski definition) is 6. The summed E-state index contributed by atoms with van der Waals surface area (Å²) in [6.45, 7) is 4.03. The number of nitrogens with zero attached hydrogens (tertiary/aromatic N) is 2. The van der Waals surface area contributed by atoms with Crippen molar-refractivity contribution in [3.63, 3.8) is 0 Å². The van der Waals surface area contributed by atoms with Gasteiger partial charge in [0.15, 0.2) is 18.1 Å². The fraction of sp³-hybridized carbons (Fsp3) is 0.467. The van der Waals surface area contributed by atoms with Crippen LogP contribution in [0.4, 0.5) is 0 Å². The quantitative estimate of drug-likeness (QED) is 0.842. The molecule has 1 heterocycles. The van der Waals surface area contributed by atoms with Crippen LogP contribution in [0.1, 0.15) is 30.7 Å². The highest BCUT2D eigenvalue weighted by atomic mass is 16.5. The standard InChI is InChI=1S/C15H21N3O3/c1-4-12(16)7-11-5-6-13(14(8-11)19-3)20-9-15-18-17-10(2)21-15/h5-6,8,12H,4,7,9,16H2,1-3H3. The molecule has 0 saturated carbocycles. The van der Waals surface area contributed by atoms with E-state index in [0.717, 1.165) is 18.4 Å². The van der Waals surface area contributed by atoms with Crippen molar-refractivity contribution < 1.29 is 13.9 Å². The molecule has 1 atom stereocenters. The van der Waals surface area contributed by atoms with E-state index in [1.54, 1.807) is 14.0 Å². The summed E-state index contributed by atoms with van der Waals surface area (Å²) < 4.78 is 16.3. The van der Waals surface area contributed by atoms with Gasteiger partial charge in [-0.3, -0.25) is 0 Å². The van der Waals surface area contributed by atoms with Crippen LogP contribution in [0.3, 0.4) is 0 Å². The molecule has 0 amide bonds. The highest BCUT2D eigenvalue weighted by molar-refractivity contribution is 5.43. The normalized spacial score (nSPS) is 12.2. The summed E-state index contributed by atoms with van der Waals surface area (Å²) in [5, 5.41) is 7.64. The van der Waals surface area contributed by atoms with Crippen molar-refractivity contribution in [2.75, 3.05) is 7.11 Å². The first kappa shape index (κ1) is 15.3. The molecule has 1 unspecified atom stereocenters. The lowest BCUT2D eigenvalue weighted by molar-refractivity contribution is 0.248. The zero-order chi connectivity index (χ0) is 15.2. The molecule has 0 aliphatic carbocycles. The smallest absolute Gasteiger partial charge is 0.253 e. The average molecular weight is 291 g/mol. The molecular formula is C15H21N3O3. The van der Waals surface area contributed by atoms with Gasteiger partial charge < -0.3 is 19.6 Å². The molecule has 0 aliphatic rings. The van der Waals surface area contributed by atoms with E-state index >= 15 is 0 Å². The molecule has 0 aliphatic heterocycles. The first-order valence-corrected chi connectivity index (χ1v) is 6.96. The summed E-state index contributed by atoms with van der Waals surface area (Å²) in [5.74, 6) is 2.27. The molecule has 0 spiro atoms. The molecule has 6 heteroatoms. The lowest BCUT2D eigenvalue weighted by atomic mass is 10.0. The van der Waals surface area contributed by atoms with Crippen LogP contribution in [0.5, 0.6) is 11.5 Å². The third kappa shape index (κ3) is 4.19. The Labute approximate surface area is 124 Å². The van der Waals surface area contributed by atoms with Crippen LogP contribution in [-0.4, -0.2) is 23.3 Å². The largest absolute Gasteiger partial charge is 0.493 e. The lowest BCUT2D eigenvalue weighted by Gasteiger charge is -2.13. The number of benzene rings is 1. The van der Waals surface area contributed by atoms with E-state index in [-0.39, 0.29) is 12.6 Å². The van der Waals surface area contributed by atoms with Gasteiger partial charge in [-0.15, -0.1) is 10.2 Å². The minimum atomic E-state index is 0.155. The molecule has 1 aromatic carbocycles. The molecule has 0 radical (unpaired) electrons. The van der Waals surface area contributed by atoms with E-state index in [2.05, 4.69) is 17.1 Å². The maximum atomic E-state index is 5.97. The minimum absolute atomic E-state index is 0.155. The van der Waals surface area contributed by atoms with E-state index in [0.29, 0.717) is 23.3 Å². The highest BCUT2D eigenvalue weighted by Crippen LogP contribution is 2.29. The van der Waals surface area contributed by atoms with Gasteiger partial charge in [0.25, 0.3) is 5.89 Å². The summed E-state index contributed by atoms with van der Waals surface area (Å²) >= 11 is 0. The molecule has 6 nitrogen and oxygen atoms in total. The van der Waals surface area contributed by atoms with Crippen molar-refractivity contribution in [2.45, 2.75) is 39.3 Å². The van der Waals surface area contributed by atoms with Crippen LogP contribution in [0, 0.1) is 6.92 Å². The van der Waals surface area contributed by atoms with Crippen LogP contribution >= 0.6 is 0 Å². The zero-order valence-corrected chi connectivity index (χ0v) is 12.6. The second-order valence-electron chi connectivity index (χ2n) is 4.86. The molecule has 114 valence electrons. The fourth-order valence-electron chi connectivity index (χ4n) is 1.94. The van der Waals surface area contributed by atoms with Gasteiger partial charge >= 0.3 is 0 Å². The predicted molar refractivity (Wildman–Crippen MR) is 78.3 cm³/mol. The van der Waals surface area contributed by atoms with E-state index < -0.39 is 0 Å². The Morgan fingerprint density at radius 1 is 1.29 bits per heavy atom. The zero-order valence-electron chi connectivity index (χ0n) is 12.6. The molecule has 2 aromatic rings. The number of nitrogens with two attached hydrogens (primary N) is 1. The number of aromatic nitrogens is 2. The van der Waals surface area contributed by atoms with E-state index in [4.69, 9.17) is 19.6 Å². The van der Waals surface area contributed by atoms with Crippen molar-refractivity contribution in [1.82, 2.24) is 10.2 Å². The molecule has 2 N–H and O–H groups in total. The number of rotatable bonds is 7. The monoisotopic (exact) mass is 291 g/mol. The van der Waals surface area contributed by atoms with E-state index in [9.17, 15) is 0 Å². The Hall–Kier alpha value is -2.08. The Morgan fingerprint density at radius 3 is 2.71 bits per heavy atom. The van der Waals surface area contributed by atoms with Gasteiger partial charge in [0.05, 0.1) is 7.11 Å². The molecular weight excluding hydrogens is 270 g/mol. The Balaban J connectivity index is 2.05. The van der Waals surface area contributed by atoms with Crippen LogP contribution < -0.4 is 15.2 Å². The second-order valence-corrected chi connectivity index (χ2v) is 4.86. The summed E-state index contributed by atoms with van der Waals surface area (Å²) in [4.78, 5) is 0. The van der Waals surface area contributed by atoms with Gasteiger partial charge in [-0.25, -0.2) is 0 Å². The Morgan fingerprint density at radius 2 is 2.10 bits per heavy atom. The third-order valence-corrected chi connectivity index (χ3v) is 3.17. The second kappa shape index (κ2) is 7.08. The Kier molecular flexibility index (Phi) is 5.16. The van der Waals surface area contributed by atoms with Crippen molar-refractivity contribution in [1.29, 1.82) is 0 Å². The molecule has 1 aromatic heterocycles. The number of hydrogen-bond donors (Lipinski definition) is 1. The van der Waals surface area contributed by atoms with E-state index in [1.165, 1.54) is 0 Å². The van der Waals surface area contributed by atoms with Crippen LogP contribution in [0.2, 0.25) is 0 Å². The maximum absolute atomic E-state index is 5.97. The first-order valence-electron chi connectivity index (χ1n) is 6.96. The average Bonchev–Trinajstić information content (AvgIpc) is 2.91. The molecule has 2 rings (SSSR count). The highest BCUT2D eigenvalue weighted by Gasteiger charge is 2.10. The van der Waals surface area contributed by atoms with Crippen molar-refractivity contribution >= 4 is 0 Å². The number of methoxy groups -OCH3 is 1. The van der Waals surface area contributed by atoms with Gasteiger partial charge in [0.2, 0.25) is 5.89 Å². The number of aryl methyl sites for hydroxylation is 1.